The van der Waals surface area contributed by atoms with Gasteiger partial charge >= 0.3 is 11.9 Å². The number of esters is 2. The minimum absolute atomic E-state index is 0.333. The average molecular weight is 314 g/mol. The van der Waals surface area contributed by atoms with Crippen LogP contribution in [0.5, 0.6) is 0 Å². The Labute approximate surface area is 136 Å². The number of rotatable bonds is 2. The third-order valence-electron chi connectivity index (χ3n) is 4.99. The van der Waals surface area contributed by atoms with Crippen LogP contribution in [0.25, 0.3) is 0 Å². The van der Waals surface area contributed by atoms with Crippen molar-refractivity contribution in [3.8, 4) is 0 Å². The first-order valence-corrected chi connectivity index (χ1v) is 8.04. The molecule has 0 N–H and O–H groups in total. The zero-order valence-corrected chi connectivity index (χ0v) is 13.5. The quantitative estimate of drug-likeness (QED) is 0.735. The topological polar surface area (TPSA) is 52.6 Å². The van der Waals surface area contributed by atoms with Crippen molar-refractivity contribution in [2.75, 3.05) is 14.2 Å². The lowest BCUT2D eigenvalue weighted by atomic mass is 9.73. The number of methoxy groups -OCH3 is 2. The number of carbonyl (C=O) groups is 2. The van der Waals surface area contributed by atoms with Crippen LogP contribution in [-0.4, -0.2) is 26.2 Å². The molecule has 0 aromatic carbocycles. The van der Waals surface area contributed by atoms with Crippen molar-refractivity contribution in [2.45, 2.75) is 19.3 Å². The van der Waals surface area contributed by atoms with E-state index >= 15 is 0 Å². The van der Waals surface area contributed by atoms with Crippen LogP contribution in [0.15, 0.2) is 47.6 Å². The van der Waals surface area contributed by atoms with E-state index in [0.29, 0.717) is 24.7 Å². The summed E-state index contributed by atoms with van der Waals surface area (Å²) in [6, 6.07) is 0. The summed E-state index contributed by atoms with van der Waals surface area (Å²) in [5, 5.41) is 0. The first-order valence-electron chi connectivity index (χ1n) is 8.04. The van der Waals surface area contributed by atoms with Crippen molar-refractivity contribution in [1.29, 1.82) is 0 Å². The van der Waals surface area contributed by atoms with Gasteiger partial charge in [0.2, 0.25) is 0 Å². The van der Waals surface area contributed by atoms with E-state index in [1.807, 2.05) is 0 Å². The summed E-state index contributed by atoms with van der Waals surface area (Å²) in [6.07, 6.45) is 15.2. The van der Waals surface area contributed by atoms with Crippen molar-refractivity contribution >= 4 is 11.9 Å². The van der Waals surface area contributed by atoms with E-state index in [0.717, 1.165) is 6.42 Å². The van der Waals surface area contributed by atoms with Gasteiger partial charge in [-0.2, -0.15) is 0 Å². The maximum Gasteiger partial charge on any atom is 0.309 e. The highest BCUT2D eigenvalue weighted by molar-refractivity contribution is 5.83. The molecular weight excluding hydrogens is 292 g/mol. The maximum atomic E-state index is 12.1. The first-order chi connectivity index (χ1) is 11.1. The standard InChI is InChI=1S/C19H22O4/c1-22-18(20)16-10-14-8-12-5-3-4-6-13(7-12)9-15(14)11-17(16)19(21)23-2/h3-6,8-9,12-13,16-17H,7,10-11H2,1-2H3/t12?,13?,16-,17-/m0/s1. The fourth-order valence-corrected chi connectivity index (χ4v) is 3.82. The zero-order chi connectivity index (χ0) is 16.4. The number of hydrogen-bond donors (Lipinski definition) is 0. The zero-order valence-electron chi connectivity index (χ0n) is 13.5. The van der Waals surface area contributed by atoms with Crippen molar-refractivity contribution in [3.63, 3.8) is 0 Å². The van der Waals surface area contributed by atoms with Gasteiger partial charge in [0.1, 0.15) is 0 Å². The van der Waals surface area contributed by atoms with Crippen LogP contribution >= 0.6 is 0 Å². The van der Waals surface area contributed by atoms with Crippen LogP contribution in [0.3, 0.4) is 0 Å². The monoisotopic (exact) mass is 314 g/mol. The van der Waals surface area contributed by atoms with Crippen LogP contribution < -0.4 is 0 Å². The minimum atomic E-state index is -0.462. The molecule has 0 aromatic heterocycles. The van der Waals surface area contributed by atoms with Crippen molar-refractivity contribution in [1.82, 2.24) is 0 Å². The fraction of sp³-hybridized carbons (Fsp3) is 0.474. The van der Waals surface area contributed by atoms with Gasteiger partial charge in [-0.3, -0.25) is 9.59 Å². The van der Waals surface area contributed by atoms with E-state index in [4.69, 9.17) is 9.47 Å². The van der Waals surface area contributed by atoms with E-state index in [-0.39, 0.29) is 11.9 Å². The molecule has 1 saturated carbocycles. The average Bonchev–Trinajstić information content (AvgIpc) is 2.89. The molecular formula is C19H22O4. The summed E-state index contributed by atoms with van der Waals surface area (Å²) in [6.45, 7) is 0. The Morgan fingerprint density at radius 3 is 1.70 bits per heavy atom. The largest absolute Gasteiger partial charge is 0.469 e. The van der Waals surface area contributed by atoms with E-state index in [1.165, 1.54) is 25.4 Å². The molecule has 0 aliphatic heterocycles. The predicted molar refractivity (Wildman–Crippen MR) is 86.3 cm³/mol. The molecule has 3 aliphatic carbocycles. The second-order valence-electron chi connectivity index (χ2n) is 6.38. The number of allylic oxidation sites excluding steroid dienone is 8. The van der Waals surface area contributed by atoms with Crippen LogP contribution in [0.2, 0.25) is 0 Å². The molecule has 0 spiro atoms. The Balaban J connectivity index is 1.95. The van der Waals surface area contributed by atoms with Crippen LogP contribution in [0, 0.1) is 23.7 Å². The molecule has 2 bridgehead atoms. The number of ether oxygens (including phenoxy) is 2. The van der Waals surface area contributed by atoms with Gasteiger partial charge in [0, 0.05) is 0 Å². The van der Waals surface area contributed by atoms with Gasteiger partial charge in [-0.15, -0.1) is 0 Å². The molecule has 2 unspecified atom stereocenters. The highest BCUT2D eigenvalue weighted by atomic mass is 16.5. The van der Waals surface area contributed by atoms with Gasteiger partial charge in [0.05, 0.1) is 26.1 Å². The Bertz CT molecular complexity index is 569. The maximum absolute atomic E-state index is 12.1. The SMILES string of the molecule is COC(=O)[C@H]1CC2=CC3C=CC=CC(C=C2C[C@@H]1C(=O)OC)C3. The van der Waals surface area contributed by atoms with E-state index in [2.05, 4.69) is 36.5 Å². The number of carbonyl (C=O) groups excluding carboxylic acids is 2. The van der Waals surface area contributed by atoms with Crippen LogP contribution in [-0.2, 0) is 19.1 Å². The van der Waals surface area contributed by atoms with Crippen molar-refractivity contribution < 1.29 is 19.1 Å². The molecule has 1 fully saturated rings. The summed E-state index contributed by atoms with van der Waals surface area (Å²) in [4.78, 5) is 24.3. The Morgan fingerprint density at radius 2 is 1.30 bits per heavy atom. The molecule has 4 heteroatoms. The fourth-order valence-electron chi connectivity index (χ4n) is 3.82. The van der Waals surface area contributed by atoms with Crippen molar-refractivity contribution in [2.24, 2.45) is 23.7 Å². The summed E-state index contributed by atoms with van der Waals surface area (Å²) in [5.41, 5.74) is 2.35. The van der Waals surface area contributed by atoms with Gasteiger partial charge in [-0.05, 0) is 42.2 Å². The molecule has 0 radical (unpaired) electrons. The van der Waals surface area contributed by atoms with Gasteiger partial charge < -0.3 is 9.47 Å². The first kappa shape index (κ1) is 15.8. The second-order valence-corrected chi connectivity index (χ2v) is 6.38. The Morgan fingerprint density at radius 1 is 0.870 bits per heavy atom. The van der Waals surface area contributed by atoms with E-state index < -0.39 is 11.8 Å². The summed E-state index contributed by atoms with van der Waals surface area (Å²) < 4.78 is 9.83. The third-order valence-corrected chi connectivity index (χ3v) is 4.99. The van der Waals surface area contributed by atoms with Crippen molar-refractivity contribution in [3.05, 3.63) is 47.6 Å². The van der Waals surface area contributed by atoms with Gasteiger partial charge in [0.25, 0.3) is 0 Å². The highest BCUT2D eigenvalue weighted by Crippen LogP contribution is 2.42. The number of hydrogen-bond acceptors (Lipinski definition) is 4. The Hall–Kier alpha value is -2.10. The van der Waals surface area contributed by atoms with Gasteiger partial charge in [-0.1, -0.05) is 36.5 Å². The number of fused-ring (bicyclic) bond motifs is 3. The summed E-state index contributed by atoms with van der Waals surface area (Å²) in [5.74, 6) is -0.857. The van der Waals surface area contributed by atoms with E-state index in [1.54, 1.807) is 0 Å². The molecule has 122 valence electrons. The van der Waals surface area contributed by atoms with Gasteiger partial charge in [-0.25, -0.2) is 0 Å². The van der Waals surface area contributed by atoms with Crippen LogP contribution in [0.1, 0.15) is 19.3 Å². The smallest absolute Gasteiger partial charge is 0.309 e. The normalized spacial score (nSPS) is 31.9. The molecule has 0 aromatic rings. The lowest BCUT2D eigenvalue weighted by Gasteiger charge is -2.31. The highest BCUT2D eigenvalue weighted by Gasteiger charge is 2.41. The minimum Gasteiger partial charge on any atom is -0.469 e. The molecule has 3 rings (SSSR count). The third kappa shape index (κ3) is 3.16. The molecule has 0 amide bonds. The second kappa shape index (κ2) is 6.57. The molecule has 23 heavy (non-hydrogen) atoms. The summed E-state index contributed by atoms with van der Waals surface area (Å²) >= 11 is 0. The molecule has 4 atom stereocenters. The lowest BCUT2D eigenvalue weighted by molar-refractivity contribution is -0.158. The predicted octanol–water partition coefficient (Wildman–Crippen LogP) is 2.97. The van der Waals surface area contributed by atoms with Crippen LogP contribution in [0.4, 0.5) is 0 Å². The summed E-state index contributed by atoms with van der Waals surface area (Å²) in [7, 11) is 2.74. The molecule has 4 nitrogen and oxygen atoms in total. The molecule has 3 aliphatic rings. The van der Waals surface area contributed by atoms with E-state index in [9.17, 15) is 9.59 Å². The lowest BCUT2D eigenvalue weighted by Crippen LogP contribution is -2.35. The molecule has 0 saturated heterocycles. The molecule has 0 heterocycles. The Kier molecular flexibility index (Phi) is 4.51. The van der Waals surface area contributed by atoms with Gasteiger partial charge in [0.15, 0.2) is 0 Å².